The fraction of sp³-hybridized carbons (Fsp3) is 0.167. The van der Waals surface area contributed by atoms with E-state index in [9.17, 15) is 0 Å². The minimum atomic E-state index is 0.859. The molecular weight excluding hydrogens is 160 g/mol. The Kier molecular flexibility index (Phi) is 3.83. The quantitative estimate of drug-likeness (QED) is 0.584. The van der Waals surface area contributed by atoms with Gasteiger partial charge in [-0.1, -0.05) is 43.0 Å². The van der Waals surface area contributed by atoms with E-state index in [4.69, 9.17) is 4.74 Å². The van der Waals surface area contributed by atoms with Crippen LogP contribution in [-0.4, -0.2) is 0 Å². The van der Waals surface area contributed by atoms with Crippen molar-refractivity contribution in [2.24, 2.45) is 0 Å². The summed E-state index contributed by atoms with van der Waals surface area (Å²) in [6.45, 7) is 5.66. The Morgan fingerprint density at radius 1 is 1.08 bits per heavy atom. The maximum absolute atomic E-state index is 4.91. The largest absolute Gasteiger partial charge is 0.470 e. The Hall–Kier alpha value is -1.50. The van der Waals surface area contributed by atoms with Gasteiger partial charge in [-0.2, -0.15) is 0 Å². The van der Waals surface area contributed by atoms with Crippen molar-refractivity contribution in [3.63, 3.8) is 0 Å². The molecule has 2 rings (SSSR count). The molecular formula is C12H14O. The second-order valence-electron chi connectivity index (χ2n) is 2.95. The predicted octanol–water partition coefficient (Wildman–Crippen LogP) is 3.51. The molecule has 0 amide bonds. The Morgan fingerprint density at radius 2 is 1.54 bits per heavy atom. The van der Waals surface area contributed by atoms with Crippen molar-refractivity contribution in [2.75, 3.05) is 0 Å². The van der Waals surface area contributed by atoms with Gasteiger partial charge in [0.1, 0.15) is 5.76 Å². The van der Waals surface area contributed by atoms with Crippen LogP contribution in [-0.2, 0) is 4.74 Å². The molecule has 1 heterocycles. The Morgan fingerprint density at radius 3 is 1.69 bits per heavy atom. The Labute approximate surface area is 79.4 Å². The monoisotopic (exact) mass is 174 g/mol. The summed E-state index contributed by atoms with van der Waals surface area (Å²) in [5.41, 5.74) is 1.25. The molecule has 0 bridgehead atoms. The van der Waals surface area contributed by atoms with Gasteiger partial charge in [-0.25, -0.2) is 0 Å². The molecule has 0 fully saturated rings. The molecule has 0 spiro atoms. The van der Waals surface area contributed by atoms with Gasteiger partial charge >= 0.3 is 0 Å². The van der Waals surface area contributed by atoms with Gasteiger partial charge in [0, 0.05) is 6.42 Å². The van der Waals surface area contributed by atoms with Crippen molar-refractivity contribution in [2.45, 2.75) is 13.3 Å². The summed E-state index contributed by atoms with van der Waals surface area (Å²) in [6.07, 6.45) is 2.66. The number of hydrogen-bond donors (Lipinski definition) is 0. The van der Waals surface area contributed by atoms with E-state index in [-0.39, 0.29) is 0 Å². The summed E-state index contributed by atoms with van der Waals surface area (Å²) >= 11 is 0. The van der Waals surface area contributed by atoms with Crippen molar-refractivity contribution >= 4 is 0 Å². The average Bonchev–Trinajstić information content (AvgIpc) is 2.54. The lowest BCUT2D eigenvalue weighted by atomic mass is 10.2. The zero-order chi connectivity index (χ0) is 9.52. The highest BCUT2D eigenvalue weighted by Gasteiger charge is 2.02. The molecule has 13 heavy (non-hydrogen) atoms. The van der Waals surface area contributed by atoms with Gasteiger partial charge in [-0.15, -0.1) is 0 Å². The van der Waals surface area contributed by atoms with Crippen molar-refractivity contribution in [3.05, 3.63) is 60.6 Å². The topological polar surface area (TPSA) is 9.23 Å². The van der Waals surface area contributed by atoms with Crippen LogP contribution in [0.2, 0.25) is 0 Å². The first-order valence-electron chi connectivity index (χ1n) is 4.29. The Balaban J connectivity index is 0.000000132. The lowest BCUT2D eigenvalue weighted by Gasteiger charge is -1.87. The van der Waals surface area contributed by atoms with E-state index in [1.54, 1.807) is 6.26 Å². The van der Waals surface area contributed by atoms with Gasteiger partial charge in [-0.05, 0) is 12.5 Å². The first kappa shape index (κ1) is 9.59. The second-order valence-corrected chi connectivity index (χ2v) is 2.95. The van der Waals surface area contributed by atoms with Crippen LogP contribution in [0.4, 0.5) is 0 Å². The zero-order valence-electron chi connectivity index (χ0n) is 7.86. The first-order valence-corrected chi connectivity index (χ1v) is 4.29. The molecule has 1 aromatic rings. The lowest BCUT2D eigenvalue weighted by molar-refractivity contribution is 0.369. The van der Waals surface area contributed by atoms with Crippen molar-refractivity contribution in [1.29, 1.82) is 0 Å². The molecule has 68 valence electrons. The first-order chi connectivity index (χ1) is 6.29. The zero-order valence-corrected chi connectivity index (χ0v) is 7.86. The molecule has 1 aliphatic rings. The highest BCUT2D eigenvalue weighted by atomic mass is 16.5. The third-order valence-corrected chi connectivity index (χ3v) is 1.57. The maximum Gasteiger partial charge on any atom is 0.100 e. The van der Waals surface area contributed by atoms with Gasteiger partial charge in [0.15, 0.2) is 0 Å². The Bertz CT molecular complexity index is 259. The molecule has 0 saturated heterocycles. The number of rotatable bonds is 0. The summed E-state index contributed by atoms with van der Waals surface area (Å²) in [5, 5.41) is 0. The fourth-order valence-corrected chi connectivity index (χ4v) is 0.963. The van der Waals surface area contributed by atoms with E-state index in [1.165, 1.54) is 5.57 Å². The van der Waals surface area contributed by atoms with Gasteiger partial charge in [0.05, 0.1) is 6.26 Å². The normalized spacial score (nSPS) is 13.9. The third kappa shape index (κ3) is 4.16. The van der Waals surface area contributed by atoms with Gasteiger partial charge < -0.3 is 4.74 Å². The standard InChI is InChI=1S/C6H8O.C6H6/c1-5-3-6(2)7-4-5;1-2-4-6-5-3-1/h4H,2-3H2,1H3;1-6H. The average molecular weight is 174 g/mol. The second kappa shape index (κ2) is 5.20. The number of ether oxygens (including phenoxy) is 1. The van der Waals surface area contributed by atoms with Gasteiger partial charge in [0.25, 0.3) is 0 Å². The molecule has 1 aromatic carbocycles. The number of hydrogen-bond acceptors (Lipinski definition) is 1. The molecule has 1 aliphatic heterocycles. The third-order valence-electron chi connectivity index (χ3n) is 1.57. The summed E-state index contributed by atoms with van der Waals surface area (Å²) in [7, 11) is 0. The van der Waals surface area contributed by atoms with E-state index in [0.29, 0.717) is 0 Å². The van der Waals surface area contributed by atoms with Gasteiger partial charge in [-0.3, -0.25) is 0 Å². The molecule has 0 unspecified atom stereocenters. The molecule has 0 aliphatic carbocycles. The summed E-state index contributed by atoms with van der Waals surface area (Å²) < 4.78 is 4.91. The molecule has 1 heteroatoms. The van der Waals surface area contributed by atoms with Crippen LogP contribution in [0.1, 0.15) is 13.3 Å². The molecule has 0 atom stereocenters. The molecule has 0 aromatic heterocycles. The number of benzene rings is 1. The van der Waals surface area contributed by atoms with Crippen LogP contribution in [0.15, 0.2) is 60.6 Å². The minimum absolute atomic E-state index is 0.859. The maximum atomic E-state index is 4.91. The van der Waals surface area contributed by atoms with E-state index in [1.807, 2.05) is 43.3 Å². The smallest absolute Gasteiger partial charge is 0.100 e. The van der Waals surface area contributed by atoms with E-state index < -0.39 is 0 Å². The van der Waals surface area contributed by atoms with Crippen molar-refractivity contribution < 1.29 is 4.74 Å². The van der Waals surface area contributed by atoms with Crippen LogP contribution in [0.3, 0.4) is 0 Å². The van der Waals surface area contributed by atoms with Crippen LogP contribution in [0.5, 0.6) is 0 Å². The highest BCUT2D eigenvalue weighted by Crippen LogP contribution is 2.17. The van der Waals surface area contributed by atoms with Crippen LogP contribution >= 0.6 is 0 Å². The van der Waals surface area contributed by atoms with Crippen LogP contribution < -0.4 is 0 Å². The van der Waals surface area contributed by atoms with Crippen LogP contribution in [0.25, 0.3) is 0 Å². The predicted molar refractivity (Wildman–Crippen MR) is 55.0 cm³/mol. The van der Waals surface area contributed by atoms with Gasteiger partial charge in [0.2, 0.25) is 0 Å². The molecule has 0 radical (unpaired) electrons. The highest BCUT2D eigenvalue weighted by molar-refractivity contribution is 5.11. The van der Waals surface area contributed by atoms with E-state index >= 15 is 0 Å². The molecule has 0 saturated carbocycles. The van der Waals surface area contributed by atoms with Crippen molar-refractivity contribution in [1.82, 2.24) is 0 Å². The fourth-order valence-electron chi connectivity index (χ4n) is 0.963. The van der Waals surface area contributed by atoms with Crippen molar-refractivity contribution in [3.8, 4) is 0 Å². The van der Waals surface area contributed by atoms with E-state index in [0.717, 1.165) is 12.2 Å². The molecule has 1 nitrogen and oxygen atoms in total. The molecule has 0 N–H and O–H groups in total. The minimum Gasteiger partial charge on any atom is -0.470 e. The summed E-state index contributed by atoms with van der Waals surface area (Å²) in [4.78, 5) is 0. The summed E-state index contributed by atoms with van der Waals surface area (Å²) in [6, 6.07) is 12.0. The lowest BCUT2D eigenvalue weighted by Crippen LogP contribution is -1.69. The SMILES string of the molecule is C=C1CC(C)=CO1.c1ccccc1. The number of allylic oxidation sites excluding steroid dienone is 1. The van der Waals surface area contributed by atoms with E-state index in [2.05, 4.69) is 6.58 Å². The van der Waals surface area contributed by atoms with Crippen LogP contribution in [0, 0.1) is 0 Å². The summed E-state index contributed by atoms with van der Waals surface area (Å²) in [5.74, 6) is 0.859.